The number of hydrazine groups is 1. The van der Waals surface area contributed by atoms with E-state index >= 15 is 0 Å². The Balaban J connectivity index is 1.58. The molecule has 2 atom stereocenters. The molecule has 2 saturated heterocycles. The monoisotopic (exact) mass is 439 g/mol. The molecule has 3 aliphatic heterocycles. The number of carbonyl (C=O) groups is 1. The van der Waals surface area contributed by atoms with Gasteiger partial charge < -0.3 is 14.7 Å². The van der Waals surface area contributed by atoms with Crippen LogP contribution in [0.3, 0.4) is 0 Å². The minimum atomic E-state index is -0.898. The highest BCUT2D eigenvalue weighted by Gasteiger charge is 2.40. The van der Waals surface area contributed by atoms with Crippen molar-refractivity contribution in [1.82, 2.24) is 14.9 Å². The molecule has 1 amide bonds. The van der Waals surface area contributed by atoms with Crippen LogP contribution in [0.2, 0.25) is 5.02 Å². The first-order chi connectivity index (χ1) is 14.2. The lowest BCUT2D eigenvalue weighted by atomic mass is 9.76. The molecule has 0 aliphatic carbocycles. The van der Waals surface area contributed by atoms with Crippen LogP contribution in [0.15, 0.2) is 12.1 Å². The maximum atomic E-state index is 13.7. The first kappa shape index (κ1) is 21.8. The van der Waals surface area contributed by atoms with Gasteiger partial charge in [0.25, 0.3) is 0 Å². The van der Waals surface area contributed by atoms with Crippen molar-refractivity contribution >= 4 is 17.7 Å². The second-order valence-corrected chi connectivity index (χ2v) is 9.81. The fourth-order valence-electron chi connectivity index (χ4n) is 5.14. The number of alkyl halides is 1. The number of nitrogens with zero attached hydrogens (tertiary/aromatic N) is 3. The van der Waals surface area contributed by atoms with Gasteiger partial charge in [-0.1, -0.05) is 25.4 Å². The fourth-order valence-corrected chi connectivity index (χ4v) is 5.40. The van der Waals surface area contributed by atoms with Crippen LogP contribution in [0, 0.1) is 5.41 Å². The summed E-state index contributed by atoms with van der Waals surface area (Å²) in [5, 5.41) is 14.8. The lowest BCUT2D eigenvalue weighted by Crippen LogP contribution is -2.55. The molecule has 4 rings (SSSR count). The smallest absolute Gasteiger partial charge is 0.407 e. The molecule has 0 aromatic heterocycles. The SMILES string of the molecule is CC(C)(Cc1cc(Cl)cc2c1CN(N1CC[C@H](F)C1)CC2)[C@@H]1COCCN1C(=O)O. The summed E-state index contributed by atoms with van der Waals surface area (Å²) >= 11 is 6.46. The van der Waals surface area contributed by atoms with Gasteiger partial charge in [0.2, 0.25) is 0 Å². The average Bonchev–Trinajstić information content (AvgIpc) is 3.13. The Kier molecular flexibility index (Phi) is 6.26. The molecule has 3 aliphatic rings. The minimum absolute atomic E-state index is 0.219. The molecule has 0 bridgehead atoms. The normalized spacial score (nSPS) is 26.1. The molecule has 1 aromatic carbocycles. The Morgan fingerprint density at radius 2 is 2.10 bits per heavy atom. The first-order valence-electron chi connectivity index (χ1n) is 10.8. The summed E-state index contributed by atoms with van der Waals surface area (Å²) < 4.78 is 19.4. The van der Waals surface area contributed by atoms with Gasteiger partial charge in [-0.2, -0.15) is 0 Å². The van der Waals surface area contributed by atoms with E-state index in [9.17, 15) is 14.3 Å². The fraction of sp³-hybridized carbons (Fsp3) is 0.682. The number of fused-ring (bicyclic) bond motifs is 1. The van der Waals surface area contributed by atoms with Crippen molar-refractivity contribution in [2.75, 3.05) is 39.4 Å². The van der Waals surface area contributed by atoms with Crippen molar-refractivity contribution in [3.63, 3.8) is 0 Å². The predicted octanol–water partition coefficient (Wildman–Crippen LogP) is 3.60. The summed E-state index contributed by atoms with van der Waals surface area (Å²) in [6.45, 7) is 8.28. The van der Waals surface area contributed by atoms with E-state index in [1.807, 2.05) is 12.1 Å². The summed E-state index contributed by atoms with van der Waals surface area (Å²) in [4.78, 5) is 13.3. The number of carboxylic acid groups (broad SMARTS) is 1. The molecule has 8 heteroatoms. The maximum absolute atomic E-state index is 13.7. The van der Waals surface area contributed by atoms with Gasteiger partial charge in [0.15, 0.2) is 0 Å². The third-order valence-corrected chi connectivity index (χ3v) is 7.03. The molecule has 30 heavy (non-hydrogen) atoms. The number of hydrogen-bond donors (Lipinski definition) is 1. The van der Waals surface area contributed by atoms with E-state index in [-0.39, 0.29) is 11.5 Å². The van der Waals surface area contributed by atoms with Crippen LogP contribution in [0.5, 0.6) is 0 Å². The number of amides is 1. The van der Waals surface area contributed by atoms with Crippen molar-refractivity contribution in [3.05, 3.63) is 33.8 Å². The third-order valence-electron chi connectivity index (χ3n) is 6.81. The van der Waals surface area contributed by atoms with E-state index in [1.165, 1.54) is 16.0 Å². The van der Waals surface area contributed by atoms with Crippen molar-refractivity contribution in [2.45, 2.75) is 51.9 Å². The lowest BCUT2D eigenvalue weighted by molar-refractivity contribution is -0.0424. The summed E-state index contributed by atoms with van der Waals surface area (Å²) in [5.74, 6) is 0. The predicted molar refractivity (Wildman–Crippen MR) is 113 cm³/mol. The van der Waals surface area contributed by atoms with E-state index in [2.05, 4.69) is 23.9 Å². The van der Waals surface area contributed by atoms with Gasteiger partial charge in [-0.15, -0.1) is 0 Å². The second kappa shape index (κ2) is 8.61. The van der Waals surface area contributed by atoms with Gasteiger partial charge in [-0.25, -0.2) is 19.2 Å². The summed E-state index contributed by atoms with van der Waals surface area (Å²) in [6.07, 6.45) is 0.530. The lowest BCUT2D eigenvalue weighted by Gasteiger charge is -2.44. The molecule has 0 spiro atoms. The Morgan fingerprint density at radius 1 is 1.30 bits per heavy atom. The van der Waals surface area contributed by atoms with Crippen molar-refractivity contribution in [3.8, 4) is 0 Å². The largest absolute Gasteiger partial charge is 0.465 e. The van der Waals surface area contributed by atoms with Crippen molar-refractivity contribution in [1.29, 1.82) is 0 Å². The van der Waals surface area contributed by atoms with E-state index in [4.69, 9.17) is 16.3 Å². The Labute approximate surface area is 182 Å². The molecule has 0 saturated carbocycles. The molecule has 2 fully saturated rings. The molecule has 0 radical (unpaired) electrons. The number of halogens is 2. The topological polar surface area (TPSA) is 56.2 Å². The molecule has 6 nitrogen and oxygen atoms in total. The molecule has 0 unspecified atom stereocenters. The molecular weight excluding hydrogens is 409 g/mol. The van der Waals surface area contributed by atoms with Crippen LogP contribution in [-0.4, -0.2) is 77.7 Å². The number of ether oxygens (including phenoxy) is 1. The van der Waals surface area contributed by atoms with Crippen LogP contribution >= 0.6 is 11.6 Å². The highest BCUT2D eigenvalue weighted by Crippen LogP contribution is 2.36. The Hall–Kier alpha value is -1.41. The van der Waals surface area contributed by atoms with Gasteiger partial charge in [-0.05, 0) is 53.5 Å². The van der Waals surface area contributed by atoms with Gasteiger partial charge in [0.1, 0.15) is 6.17 Å². The summed E-state index contributed by atoms with van der Waals surface area (Å²) in [7, 11) is 0. The van der Waals surface area contributed by atoms with Crippen LogP contribution in [0.1, 0.15) is 37.0 Å². The van der Waals surface area contributed by atoms with Gasteiger partial charge in [-0.3, -0.25) is 0 Å². The van der Waals surface area contributed by atoms with E-state index < -0.39 is 12.3 Å². The van der Waals surface area contributed by atoms with E-state index in [0.29, 0.717) is 44.2 Å². The zero-order valence-corrected chi connectivity index (χ0v) is 18.5. The number of hydrogen-bond acceptors (Lipinski definition) is 4. The highest BCUT2D eigenvalue weighted by molar-refractivity contribution is 6.30. The maximum Gasteiger partial charge on any atom is 0.407 e. The number of rotatable bonds is 4. The molecule has 1 N–H and O–H groups in total. The third kappa shape index (κ3) is 4.44. The minimum Gasteiger partial charge on any atom is -0.465 e. The molecule has 3 heterocycles. The Morgan fingerprint density at radius 3 is 2.80 bits per heavy atom. The second-order valence-electron chi connectivity index (χ2n) is 9.37. The standard InChI is InChI=1S/C22H31ClFN3O3/c1-22(2,20-14-30-8-7-27(20)21(28)29)11-16-10-17(23)9-15-3-5-26(13-19(15)16)25-6-4-18(24)12-25/h9-10,18,20H,3-8,11-14H2,1-2H3,(H,28,29)/t18-,20-/m0/s1. The van der Waals surface area contributed by atoms with Crippen molar-refractivity contribution < 1.29 is 19.0 Å². The van der Waals surface area contributed by atoms with Crippen LogP contribution < -0.4 is 0 Å². The van der Waals surface area contributed by atoms with Crippen LogP contribution in [0.25, 0.3) is 0 Å². The highest BCUT2D eigenvalue weighted by atomic mass is 35.5. The van der Waals surface area contributed by atoms with Crippen molar-refractivity contribution in [2.24, 2.45) is 5.41 Å². The van der Waals surface area contributed by atoms with E-state index in [0.717, 1.165) is 31.6 Å². The van der Waals surface area contributed by atoms with Gasteiger partial charge in [0, 0.05) is 37.7 Å². The molecular formula is C22H31ClFN3O3. The Bertz CT molecular complexity index is 806. The first-order valence-corrected chi connectivity index (χ1v) is 11.1. The number of morpholine rings is 1. The molecule has 166 valence electrons. The average molecular weight is 440 g/mol. The quantitative estimate of drug-likeness (QED) is 0.776. The van der Waals surface area contributed by atoms with Gasteiger partial charge >= 0.3 is 6.09 Å². The van der Waals surface area contributed by atoms with E-state index in [1.54, 1.807) is 0 Å². The molecule has 1 aromatic rings. The summed E-state index contributed by atoms with van der Waals surface area (Å²) in [6, 6.07) is 3.84. The summed E-state index contributed by atoms with van der Waals surface area (Å²) in [5.41, 5.74) is 3.33. The van der Waals surface area contributed by atoms with Crippen LogP contribution in [0.4, 0.5) is 9.18 Å². The van der Waals surface area contributed by atoms with Crippen LogP contribution in [-0.2, 0) is 24.1 Å². The number of benzene rings is 1. The zero-order chi connectivity index (χ0) is 21.5. The zero-order valence-electron chi connectivity index (χ0n) is 17.7. The van der Waals surface area contributed by atoms with Gasteiger partial charge in [0.05, 0.1) is 19.3 Å².